The number of anilines is 1. The van der Waals surface area contributed by atoms with Gasteiger partial charge in [0, 0.05) is 27.7 Å². The van der Waals surface area contributed by atoms with E-state index in [-0.39, 0.29) is 5.91 Å². The van der Waals surface area contributed by atoms with E-state index in [1.54, 1.807) is 38.4 Å². The van der Waals surface area contributed by atoms with Crippen LogP contribution >= 0.6 is 0 Å². The number of rotatable bonds is 6. The smallest absolute Gasteiger partial charge is 0.236 e. The third-order valence-electron chi connectivity index (χ3n) is 2.65. The van der Waals surface area contributed by atoms with Crippen molar-refractivity contribution in [2.24, 2.45) is 0 Å². The van der Waals surface area contributed by atoms with Crippen LogP contribution in [0, 0.1) is 0 Å². The average molecular weight is 251 g/mol. The molecule has 0 aliphatic carbocycles. The molecule has 0 saturated carbocycles. The standard InChI is InChI=1S/C12H21N5O/c1-5-17(9-12(18)16(3)4)8-10-6-15-11(13-2)7-14-10/h6-7H,5,8-9H2,1-4H3,(H,13,15). The Morgan fingerprint density at radius 1 is 1.33 bits per heavy atom. The maximum absolute atomic E-state index is 11.6. The largest absolute Gasteiger partial charge is 0.372 e. The van der Waals surface area contributed by atoms with Crippen LogP contribution in [0.5, 0.6) is 0 Å². The van der Waals surface area contributed by atoms with Crippen LogP contribution in [0.25, 0.3) is 0 Å². The molecule has 100 valence electrons. The Morgan fingerprint density at radius 3 is 2.50 bits per heavy atom. The van der Waals surface area contributed by atoms with E-state index in [0.717, 1.165) is 18.1 Å². The second kappa shape index (κ2) is 6.90. The lowest BCUT2D eigenvalue weighted by atomic mass is 10.3. The van der Waals surface area contributed by atoms with Gasteiger partial charge in [0.1, 0.15) is 5.82 Å². The van der Waals surface area contributed by atoms with Crippen LogP contribution in [0.3, 0.4) is 0 Å². The van der Waals surface area contributed by atoms with E-state index in [1.807, 2.05) is 11.8 Å². The third-order valence-corrected chi connectivity index (χ3v) is 2.65. The monoisotopic (exact) mass is 251 g/mol. The number of aromatic nitrogens is 2. The molecule has 0 fully saturated rings. The van der Waals surface area contributed by atoms with Gasteiger partial charge in [0.05, 0.1) is 24.6 Å². The van der Waals surface area contributed by atoms with Crippen molar-refractivity contribution in [1.82, 2.24) is 19.8 Å². The summed E-state index contributed by atoms with van der Waals surface area (Å²) in [4.78, 5) is 23.8. The molecule has 6 heteroatoms. The van der Waals surface area contributed by atoms with Gasteiger partial charge >= 0.3 is 0 Å². The van der Waals surface area contributed by atoms with E-state index in [9.17, 15) is 4.79 Å². The minimum atomic E-state index is 0.0941. The summed E-state index contributed by atoms with van der Waals surface area (Å²) >= 11 is 0. The first-order valence-corrected chi connectivity index (χ1v) is 5.98. The first kappa shape index (κ1) is 14.4. The highest BCUT2D eigenvalue weighted by atomic mass is 16.2. The molecule has 1 heterocycles. The summed E-state index contributed by atoms with van der Waals surface area (Å²) in [6, 6.07) is 0. The molecule has 0 radical (unpaired) electrons. The molecular formula is C12H21N5O. The summed E-state index contributed by atoms with van der Waals surface area (Å²) in [7, 11) is 5.33. The Labute approximate surface area is 108 Å². The van der Waals surface area contributed by atoms with E-state index in [2.05, 4.69) is 15.3 Å². The summed E-state index contributed by atoms with van der Waals surface area (Å²) in [5.41, 5.74) is 0.863. The molecule has 1 aromatic heterocycles. The lowest BCUT2D eigenvalue weighted by Gasteiger charge is -2.21. The zero-order valence-electron chi connectivity index (χ0n) is 11.5. The molecule has 6 nitrogen and oxygen atoms in total. The average Bonchev–Trinajstić information content (AvgIpc) is 2.38. The fourth-order valence-corrected chi connectivity index (χ4v) is 1.41. The van der Waals surface area contributed by atoms with Crippen molar-refractivity contribution in [3.8, 4) is 0 Å². The first-order chi connectivity index (χ1) is 8.56. The molecule has 18 heavy (non-hydrogen) atoms. The van der Waals surface area contributed by atoms with Crippen LogP contribution in [0.1, 0.15) is 12.6 Å². The number of nitrogens with one attached hydrogen (secondary N) is 1. The molecular weight excluding hydrogens is 230 g/mol. The van der Waals surface area contributed by atoms with Gasteiger partial charge in [-0.3, -0.25) is 14.7 Å². The van der Waals surface area contributed by atoms with Crippen molar-refractivity contribution in [3.63, 3.8) is 0 Å². The van der Waals surface area contributed by atoms with Gasteiger partial charge in [-0.05, 0) is 6.54 Å². The zero-order chi connectivity index (χ0) is 13.5. The minimum absolute atomic E-state index is 0.0941. The normalized spacial score (nSPS) is 10.5. The lowest BCUT2D eigenvalue weighted by Crippen LogP contribution is -2.36. The van der Waals surface area contributed by atoms with Crippen molar-refractivity contribution in [3.05, 3.63) is 18.1 Å². The van der Waals surface area contributed by atoms with Crippen molar-refractivity contribution in [1.29, 1.82) is 0 Å². The summed E-state index contributed by atoms with van der Waals surface area (Å²) in [6.07, 6.45) is 3.42. The van der Waals surface area contributed by atoms with Gasteiger partial charge in [0.25, 0.3) is 0 Å². The third kappa shape index (κ3) is 4.29. The van der Waals surface area contributed by atoms with Crippen LogP contribution in [-0.4, -0.2) is 59.9 Å². The zero-order valence-corrected chi connectivity index (χ0v) is 11.5. The van der Waals surface area contributed by atoms with E-state index in [4.69, 9.17) is 0 Å². The summed E-state index contributed by atoms with van der Waals surface area (Å²) in [6.45, 7) is 3.86. The molecule has 0 aromatic carbocycles. The van der Waals surface area contributed by atoms with Crippen molar-refractivity contribution >= 4 is 11.7 Å². The Kier molecular flexibility index (Phi) is 5.51. The van der Waals surface area contributed by atoms with Gasteiger partial charge in [0.15, 0.2) is 0 Å². The van der Waals surface area contributed by atoms with Gasteiger partial charge < -0.3 is 10.2 Å². The summed E-state index contributed by atoms with van der Waals surface area (Å²) in [5, 5.41) is 2.92. The minimum Gasteiger partial charge on any atom is -0.372 e. The Morgan fingerprint density at radius 2 is 2.06 bits per heavy atom. The maximum atomic E-state index is 11.6. The quantitative estimate of drug-likeness (QED) is 0.794. The number of hydrogen-bond acceptors (Lipinski definition) is 5. The molecule has 0 atom stereocenters. The Bertz CT molecular complexity index is 377. The van der Waals surface area contributed by atoms with E-state index in [0.29, 0.717) is 13.1 Å². The topological polar surface area (TPSA) is 61.4 Å². The molecule has 1 amide bonds. The number of carbonyl (C=O) groups is 1. The predicted octanol–water partition coefficient (Wildman–Crippen LogP) is 0.428. The lowest BCUT2D eigenvalue weighted by molar-refractivity contribution is -0.130. The van der Waals surface area contributed by atoms with Crippen LogP contribution in [0.4, 0.5) is 5.82 Å². The molecule has 0 spiro atoms. The van der Waals surface area contributed by atoms with Gasteiger partial charge in [-0.2, -0.15) is 0 Å². The van der Waals surface area contributed by atoms with Crippen molar-refractivity contribution in [2.45, 2.75) is 13.5 Å². The van der Waals surface area contributed by atoms with E-state index < -0.39 is 0 Å². The highest BCUT2D eigenvalue weighted by Gasteiger charge is 2.11. The van der Waals surface area contributed by atoms with Crippen LogP contribution in [-0.2, 0) is 11.3 Å². The highest BCUT2D eigenvalue weighted by Crippen LogP contribution is 2.03. The maximum Gasteiger partial charge on any atom is 0.236 e. The number of nitrogens with zero attached hydrogens (tertiary/aromatic N) is 4. The fourth-order valence-electron chi connectivity index (χ4n) is 1.41. The van der Waals surface area contributed by atoms with E-state index in [1.165, 1.54) is 0 Å². The Hall–Kier alpha value is -1.69. The molecule has 0 bridgehead atoms. The van der Waals surface area contributed by atoms with Crippen LogP contribution in [0.15, 0.2) is 12.4 Å². The molecule has 1 rings (SSSR count). The molecule has 0 saturated heterocycles. The fraction of sp³-hybridized carbons (Fsp3) is 0.583. The number of amides is 1. The second-order valence-corrected chi connectivity index (χ2v) is 4.23. The summed E-state index contributed by atoms with van der Waals surface area (Å²) < 4.78 is 0. The Balaban J connectivity index is 2.59. The van der Waals surface area contributed by atoms with Gasteiger partial charge in [-0.25, -0.2) is 4.98 Å². The first-order valence-electron chi connectivity index (χ1n) is 5.98. The SMILES string of the molecule is CCN(CC(=O)N(C)C)Cc1cnc(NC)cn1. The molecule has 0 aliphatic rings. The summed E-state index contributed by atoms with van der Waals surface area (Å²) in [5.74, 6) is 0.836. The molecule has 1 aromatic rings. The van der Waals surface area contributed by atoms with Crippen LogP contribution < -0.4 is 5.32 Å². The van der Waals surface area contributed by atoms with Gasteiger partial charge in [-0.15, -0.1) is 0 Å². The van der Waals surface area contributed by atoms with Crippen molar-refractivity contribution < 1.29 is 4.79 Å². The van der Waals surface area contributed by atoms with E-state index >= 15 is 0 Å². The number of carbonyl (C=O) groups excluding carboxylic acids is 1. The van der Waals surface area contributed by atoms with Crippen molar-refractivity contribution in [2.75, 3.05) is 39.5 Å². The van der Waals surface area contributed by atoms with Gasteiger partial charge in [0.2, 0.25) is 5.91 Å². The highest BCUT2D eigenvalue weighted by molar-refractivity contribution is 5.77. The molecule has 0 aliphatic heterocycles. The predicted molar refractivity (Wildman–Crippen MR) is 71.2 cm³/mol. The molecule has 0 unspecified atom stereocenters. The van der Waals surface area contributed by atoms with Gasteiger partial charge in [-0.1, -0.05) is 6.92 Å². The number of likely N-dealkylation sites (N-methyl/N-ethyl adjacent to an activating group) is 2. The number of hydrogen-bond donors (Lipinski definition) is 1. The second-order valence-electron chi connectivity index (χ2n) is 4.23. The molecule has 1 N–H and O–H groups in total. The van der Waals surface area contributed by atoms with Crippen LogP contribution in [0.2, 0.25) is 0 Å².